The Kier molecular flexibility index (Phi) is 8.21. The SMILES string of the molecule is CC(=O)OC1CC2(C(C)(C)OC(=O)c3ccccc3)C(=C1C)C(OC(C)=O)C(O)C1(C)C(O)CC3OCC3(OC(C)=O)C1C2O. The van der Waals surface area contributed by atoms with E-state index >= 15 is 0 Å². The van der Waals surface area contributed by atoms with Gasteiger partial charge in [-0.15, -0.1) is 0 Å². The van der Waals surface area contributed by atoms with E-state index in [0.717, 1.165) is 6.92 Å². The fraction of sp³-hybridized carbons (Fsp3) is 0.636. The minimum atomic E-state index is -1.71. The van der Waals surface area contributed by atoms with E-state index in [0.29, 0.717) is 5.57 Å². The molecule has 3 aliphatic carbocycles. The molecule has 10 atom stereocenters. The highest BCUT2D eigenvalue weighted by Crippen LogP contribution is 2.68. The van der Waals surface area contributed by atoms with Gasteiger partial charge in [-0.2, -0.15) is 0 Å². The highest BCUT2D eigenvalue weighted by Gasteiger charge is 2.78. The van der Waals surface area contributed by atoms with Gasteiger partial charge in [-0.25, -0.2) is 4.79 Å². The zero-order valence-corrected chi connectivity index (χ0v) is 26.6. The Morgan fingerprint density at radius 1 is 0.933 bits per heavy atom. The van der Waals surface area contributed by atoms with Crippen LogP contribution in [0, 0.1) is 16.7 Å². The number of aliphatic hydroxyl groups is 3. The van der Waals surface area contributed by atoms with Crippen LogP contribution < -0.4 is 0 Å². The molecule has 1 aliphatic heterocycles. The van der Waals surface area contributed by atoms with Gasteiger partial charge in [0.15, 0.2) is 11.7 Å². The zero-order valence-electron chi connectivity index (χ0n) is 26.6. The Bertz CT molecular complexity index is 1420. The largest absolute Gasteiger partial charge is 0.458 e. The van der Waals surface area contributed by atoms with Gasteiger partial charge in [0, 0.05) is 44.9 Å². The minimum Gasteiger partial charge on any atom is -0.458 e. The monoisotopic (exact) mass is 630 g/mol. The summed E-state index contributed by atoms with van der Waals surface area (Å²) in [6.07, 6.45) is -8.06. The molecule has 2 saturated carbocycles. The van der Waals surface area contributed by atoms with Crippen LogP contribution in [0.4, 0.5) is 0 Å². The van der Waals surface area contributed by atoms with E-state index in [1.807, 2.05) is 0 Å². The Morgan fingerprint density at radius 2 is 1.56 bits per heavy atom. The first kappa shape index (κ1) is 33.1. The first-order valence-electron chi connectivity index (χ1n) is 15.1. The van der Waals surface area contributed by atoms with Crippen LogP contribution in [0.15, 0.2) is 41.5 Å². The maximum atomic E-state index is 13.6. The van der Waals surface area contributed by atoms with Crippen molar-refractivity contribution in [2.45, 2.75) is 109 Å². The standard InChI is InChI=1S/C33H42O12/c1-16-21(42-17(2)34)14-32(30(5,6)45-29(40)20-11-9-8-10-12-20)24(16)25(43-18(3)35)27(38)31(7)22(37)13-23-33(15-41-23,44-19(4)36)26(31)28(32)39/h8-12,21-23,25-28,37-39H,13-15H2,1-7H3. The minimum absolute atomic E-state index is 0.0374. The normalized spacial score (nSPS) is 38.8. The maximum Gasteiger partial charge on any atom is 0.338 e. The second-order valence-corrected chi connectivity index (χ2v) is 13.5. The third-order valence-electron chi connectivity index (χ3n) is 10.7. The van der Waals surface area contributed by atoms with Crippen LogP contribution in [0.3, 0.4) is 0 Å². The number of ether oxygens (including phenoxy) is 5. The van der Waals surface area contributed by atoms with Crippen molar-refractivity contribution < 1.29 is 58.2 Å². The fourth-order valence-electron chi connectivity index (χ4n) is 8.65. The molecule has 10 unspecified atom stereocenters. The maximum absolute atomic E-state index is 13.6. The van der Waals surface area contributed by atoms with E-state index in [1.165, 1.54) is 13.8 Å². The summed E-state index contributed by atoms with van der Waals surface area (Å²) in [4.78, 5) is 51.2. The van der Waals surface area contributed by atoms with Crippen molar-refractivity contribution in [1.29, 1.82) is 0 Å². The molecule has 246 valence electrons. The first-order chi connectivity index (χ1) is 20.9. The average molecular weight is 631 g/mol. The van der Waals surface area contributed by atoms with E-state index in [9.17, 15) is 34.5 Å². The van der Waals surface area contributed by atoms with E-state index in [1.54, 1.807) is 58.0 Å². The van der Waals surface area contributed by atoms with Crippen molar-refractivity contribution in [2.24, 2.45) is 16.7 Å². The van der Waals surface area contributed by atoms with E-state index in [-0.39, 0.29) is 30.6 Å². The molecule has 0 bridgehead atoms. The molecule has 3 fully saturated rings. The first-order valence-corrected chi connectivity index (χ1v) is 15.1. The molecule has 0 radical (unpaired) electrons. The highest BCUT2D eigenvalue weighted by atomic mass is 16.6. The number of esters is 4. The third kappa shape index (κ3) is 4.79. The number of benzene rings is 1. The number of aliphatic hydroxyl groups excluding tert-OH is 3. The van der Waals surface area contributed by atoms with Gasteiger partial charge in [-0.05, 0) is 44.1 Å². The van der Waals surface area contributed by atoms with Gasteiger partial charge < -0.3 is 39.0 Å². The molecule has 0 aromatic heterocycles. The second-order valence-electron chi connectivity index (χ2n) is 13.5. The number of hydrogen-bond acceptors (Lipinski definition) is 12. The van der Waals surface area contributed by atoms with Crippen molar-refractivity contribution in [3.8, 4) is 0 Å². The zero-order chi connectivity index (χ0) is 33.3. The van der Waals surface area contributed by atoms with Crippen LogP contribution in [0.2, 0.25) is 0 Å². The quantitative estimate of drug-likeness (QED) is 0.237. The van der Waals surface area contributed by atoms with Crippen molar-refractivity contribution in [2.75, 3.05) is 6.61 Å². The molecule has 5 rings (SSSR count). The van der Waals surface area contributed by atoms with Crippen LogP contribution in [0.25, 0.3) is 0 Å². The van der Waals surface area contributed by atoms with E-state index in [2.05, 4.69) is 0 Å². The lowest BCUT2D eigenvalue weighted by molar-refractivity contribution is -0.351. The predicted molar refractivity (Wildman–Crippen MR) is 155 cm³/mol. The number of carbonyl (C=O) groups is 4. The average Bonchev–Trinajstić information content (AvgIpc) is 3.21. The van der Waals surface area contributed by atoms with E-state index in [4.69, 9.17) is 23.7 Å². The molecular weight excluding hydrogens is 588 g/mol. The molecule has 12 nitrogen and oxygen atoms in total. The molecule has 1 heterocycles. The lowest BCUT2D eigenvalue weighted by Gasteiger charge is -2.65. The van der Waals surface area contributed by atoms with Crippen molar-refractivity contribution in [3.63, 3.8) is 0 Å². The summed E-state index contributed by atoms with van der Waals surface area (Å²) in [6, 6.07) is 8.23. The second kappa shape index (κ2) is 11.2. The molecule has 1 aromatic carbocycles. The summed E-state index contributed by atoms with van der Waals surface area (Å²) in [6.45, 7) is 9.85. The Labute approximate surface area is 261 Å². The molecule has 1 aromatic rings. The Morgan fingerprint density at radius 3 is 2.09 bits per heavy atom. The van der Waals surface area contributed by atoms with Gasteiger partial charge in [-0.3, -0.25) is 14.4 Å². The van der Waals surface area contributed by atoms with Gasteiger partial charge in [0.1, 0.15) is 23.9 Å². The van der Waals surface area contributed by atoms with Crippen LogP contribution in [0.1, 0.15) is 71.7 Å². The summed E-state index contributed by atoms with van der Waals surface area (Å²) < 4.78 is 29.5. The predicted octanol–water partition coefficient (Wildman–Crippen LogP) is 2.02. The van der Waals surface area contributed by atoms with Gasteiger partial charge in [-0.1, -0.05) is 25.1 Å². The number of fused-ring (bicyclic) bond motifs is 4. The van der Waals surface area contributed by atoms with Crippen LogP contribution >= 0.6 is 0 Å². The molecule has 4 aliphatic rings. The van der Waals surface area contributed by atoms with Gasteiger partial charge in [0.05, 0.1) is 29.8 Å². The highest BCUT2D eigenvalue weighted by molar-refractivity contribution is 5.89. The third-order valence-corrected chi connectivity index (χ3v) is 10.7. The Balaban J connectivity index is 1.81. The fourth-order valence-corrected chi connectivity index (χ4v) is 8.65. The molecule has 0 amide bonds. The number of hydrogen-bond donors (Lipinski definition) is 3. The molecule has 0 spiro atoms. The van der Waals surface area contributed by atoms with Crippen LogP contribution in [0.5, 0.6) is 0 Å². The molecule has 45 heavy (non-hydrogen) atoms. The summed E-state index contributed by atoms with van der Waals surface area (Å²) in [7, 11) is 0. The summed E-state index contributed by atoms with van der Waals surface area (Å²) in [5.74, 6) is -3.99. The summed E-state index contributed by atoms with van der Waals surface area (Å²) in [5, 5.41) is 37.0. The smallest absolute Gasteiger partial charge is 0.338 e. The topological polar surface area (TPSA) is 175 Å². The van der Waals surface area contributed by atoms with Gasteiger partial charge >= 0.3 is 23.9 Å². The van der Waals surface area contributed by atoms with Crippen molar-refractivity contribution >= 4 is 23.9 Å². The molecule has 12 heteroatoms. The molecule has 1 saturated heterocycles. The van der Waals surface area contributed by atoms with Gasteiger partial charge in [0.25, 0.3) is 0 Å². The van der Waals surface area contributed by atoms with Crippen LogP contribution in [-0.4, -0.2) is 93.6 Å². The van der Waals surface area contributed by atoms with Crippen LogP contribution in [-0.2, 0) is 38.1 Å². The Hall–Kier alpha value is -3.32. The summed E-state index contributed by atoms with van der Waals surface area (Å²) >= 11 is 0. The number of carbonyl (C=O) groups excluding carboxylic acids is 4. The lowest BCUT2D eigenvalue weighted by atomic mass is 9.49. The molecule has 3 N–H and O–H groups in total. The van der Waals surface area contributed by atoms with Crippen molar-refractivity contribution in [1.82, 2.24) is 0 Å². The summed E-state index contributed by atoms with van der Waals surface area (Å²) in [5.41, 5.74) is -5.68. The molecular formula is C33H42O12. The van der Waals surface area contributed by atoms with Crippen molar-refractivity contribution in [3.05, 3.63) is 47.0 Å². The van der Waals surface area contributed by atoms with Gasteiger partial charge in [0.2, 0.25) is 0 Å². The lowest BCUT2D eigenvalue weighted by Crippen LogP contribution is -2.78. The van der Waals surface area contributed by atoms with E-state index < -0.39 is 88.5 Å². The number of rotatable bonds is 6.